The topological polar surface area (TPSA) is 85.1 Å². The number of ether oxygens (including phenoxy) is 1. The first-order chi connectivity index (χ1) is 14.8. The molecule has 0 amide bonds. The van der Waals surface area contributed by atoms with Crippen molar-refractivity contribution < 1.29 is 4.74 Å². The molecular formula is C24H23N5O. The van der Waals surface area contributed by atoms with Crippen molar-refractivity contribution in [3.8, 4) is 11.5 Å². The van der Waals surface area contributed by atoms with Crippen molar-refractivity contribution in [1.82, 2.24) is 9.97 Å². The van der Waals surface area contributed by atoms with Gasteiger partial charge in [0.15, 0.2) is 11.6 Å². The highest BCUT2D eigenvalue weighted by Crippen LogP contribution is 2.28. The van der Waals surface area contributed by atoms with Gasteiger partial charge in [0, 0.05) is 12.2 Å². The number of nitrogens with two attached hydrogens (primary N) is 1. The van der Waals surface area contributed by atoms with E-state index in [1.165, 1.54) is 11.9 Å². The first-order valence-electron chi connectivity index (χ1n) is 9.76. The summed E-state index contributed by atoms with van der Waals surface area (Å²) in [5.74, 6) is 2.73. The normalized spacial score (nSPS) is 10.4. The summed E-state index contributed by atoms with van der Waals surface area (Å²) in [6.45, 7) is 0.732. The number of nitrogens with zero attached hydrogens (tertiary/aromatic N) is 2. The number of anilines is 4. The third-order valence-electron chi connectivity index (χ3n) is 4.53. The van der Waals surface area contributed by atoms with E-state index in [2.05, 4.69) is 32.7 Å². The van der Waals surface area contributed by atoms with Crippen LogP contribution in [-0.4, -0.2) is 16.5 Å². The van der Waals surface area contributed by atoms with Crippen molar-refractivity contribution in [2.45, 2.75) is 6.42 Å². The molecule has 30 heavy (non-hydrogen) atoms. The standard InChI is InChI=1S/C24H23N5O/c25-22-23(26-16-15-18-7-3-1-4-8-18)27-17-28-24(22)29-19-11-13-21(14-12-19)30-20-9-5-2-6-10-20/h1-14,17H,15-16,25H2,(H2,26,27,28,29). The van der Waals surface area contributed by atoms with Gasteiger partial charge in [0.1, 0.15) is 23.5 Å². The Labute approximate surface area is 175 Å². The van der Waals surface area contributed by atoms with Crippen LogP contribution in [0.5, 0.6) is 11.5 Å². The molecule has 0 saturated carbocycles. The number of aromatic nitrogens is 2. The molecule has 0 atom stereocenters. The van der Waals surface area contributed by atoms with Crippen molar-refractivity contribution in [3.05, 3.63) is 96.8 Å². The number of hydrogen-bond donors (Lipinski definition) is 3. The zero-order valence-electron chi connectivity index (χ0n) is 16.5. The average Bonchev–Trinajstić information content (AvgIpc) is 2.79. The van der Waals surface area contributed by atoms with Gasteiger partial charge >= 0.3 is 0 Å². The highest BCUT2D eigenvalue weighted by molar-refractivity contribution is 5.77. The van der Waals surface area contributed by atoms with Gasteiger partial charge in [-0.2, -0.15) is 0 Å². The number of hydrogen-bond acceptors (Lipinski definition) is 6. The van der Waals surface area contributed by atoms with Crippen molar-refractivity contribution in [3.63, 3.8) is 0 Å². The van der Waals surface area contributed by atoms with Gasteiger partial charge in [0.25, 0.3) is 0 Å². The molecule has 0 aliphatic heterocycles. The fourth-order valence-electron chi connectivity index (χ4n) is 2.97. The van der Waals surface area contributed by atoms with Gasteiger partial charge in [-0.15, -0.1) is 0 Å². The SMILES string of the molecule is Nc1c(NCCc2ccccc2)ncnc1Nc1ccc(Oc2ccccc2)cc1. The highest BCUT2D eigenvalue weighted by Gasteiger charge is 2.08. The Morgan fingerprint density at radius 1 is 0.733 bits per heavy atom. The Morgan fingerprint density at radius 2 is 1.37 bits per heavy atom. The Bertz CT molecular complexity index is 1070. The fourth-order valence-corrected chi connectivity index (χ4v) is 2.97. The van der Waals surface area contributed by atoms with E-state index in [-0.39, 0.29) is 0 Å². The molecule has 0 aliphatic carbocycles. The highest BCUT2D eigenvalue weighted by atomic mass is 16.5. The molecule has 6 nitrogen and oxygen atoms in total. The van der Waals surface area contributed by atoms with Crippen LogP contribution < -0.4 is 21.1 Å². The number of rotatable bonds is 8. The van der Waals surface area contributed by atoms with E-state index in [1.54, 1.807) is 0 Å². The van der Waals surface area contributed by atoms with Crippen LogP contribution >= 0.6 is 0 Å². The molecule has 150 valence electrons. The van der Waals surface area contributed by atoms with Gasteiger partial charge in [0.2, 0.25) is 0 Å². The van der Waals surface area contributed by atoms with Gasteiger partial charge in [-0.1, -0.05) is 48.5 Å². The molecule has 0 radical (unpaired) electrons. The molecule has 0 aliphatic rings. The predicted octanol–water partition coefficient (Wildman–Crippen LogP) is 5.25. The molecule has 0 saturated heterocycles. The van der Waals surface area contributed by atoms with Gasteiger partial charge in [0.05, 0.1) is 0 Å². The zero-order chi connectivity index (χ0) is 20.6. The largest absolute Gasteiger partial charge is 0.457 e. The fraction of sp³-hybridized carbons (Fsp3) is 0.0833. The molecule has 0 unspecified atom stereocenters. The summed E-state index contributed by atoms with van der Waals surface area (Å²) in [5, 5.41) is 6.53. The van der Waals surface area contributed by atoms with Crippen LogP contribution in [-0.2, 0) is 6.42 Å². The predicted molar refractivity (Wildman–Crippen MR) is 121 cm³/mol. The van der Waals surface area contributed by atoms with E-state index in [9.17, 15) is 0 Å². The van der Waals surface area contributed by atoms with Crippen LogP contribution in [0.4, 0.5) is 23.0 Å². The lowest BCUT2D eigenvalue weighted by atomic mass is 10.1. The van der Waals surface area contributed by atoms with Crippen molar-refractivity contribution in [2.75, 3.05) is 22.9 Å². The van der Waals surface area contributed by atoms with E-state index in [0.717, 1.165) is 30.2 Å². The van der Waals surface area contributed by atoms with Crippen LogP contribution in [0.25, 0.3) is 0 Å². The van der Waals surface area contributed by atoms with E-state index in [1.807, 2.05) is 72.8 Å². The van der Waals surface area contributed by atoms with Crippen LogP contribution in [0.15, 0.2) is 91.3 Å². The van der Waals surface area contributed by atoms with Crippen LogP contribution in [0.2, 0.25) is 0 Å². The molecule has 0 spiro atoms. The number of nitrogen functional groups attached to an aromatic ring is 1. The van der Waals surface area contributed by atoms with Crippen molar-refractivity contribution >= 4 is 23.0 Å². The number of nitrogens with one attached hydrogen (secondary N) is 2. The minimum atomic E-state index is 0.482. The lowest BCUT2D eigenvalue weighted by molar-refractivity contribution is 0.483. The zero-order valence-corrected chi connectivity index (χ0v) is 16.5. The lowest BCUT2D eigenvalue weighted by Crippen LogP contribution is -2.10. The monoisotopic (exact) mass is 397 g/mol. The summed E-state index contributed by atoms with van der Waals surface area (Å²) in [5.41, 5.74) is 8.87. The molecule has 6 heteroatoms. The molecule has 3 aromatic carbocycles. The smallest absolute Gasteiger partial charge is 0.159 e. The molecule has 1 aromatic heterocycles. The first-order valence-corrected chi connectivity index (χ1v) is 9.76. The molecule has 0 bridgehead atoms. The third-order valence-corrected chi connectivity index (χ3v) is 4.53. The van der Waals surface area contributed by atoms with E-state index >= 15 is 0 Å². The summed E-state index contributed by atoms with van der Waals surface area (Å²) < 4.78 is 5.82. The molecule has 4 rings (SSSR count). The van der Waals surface area contributed by atoms with Crippen LogP contribution in [0.1, 0.15) is 5.56 Å². The van der Waals surface area contributed by atoms with E-state index in [0.29, 0.717) is 17.3 Å². The summed E-state index contributed by atoms with van der Waals surface area (Å²) in [7, 11) is 0. The van der Waals surface area contributed by atoms with Gasteiger partial charge in [-0.05, 0) is 48.4 Å². The maximum atomic E-state index is 6.27. The van der Waals surface area contributed by atoms with Crippen LogP contribution in [0, 0.1) is 0 Å². The second kappa shape index (κ2) is 9.43. The minimum Gasteiger partial charge on any atom is -0.457 e. The summed E-state index contributed by atoms with van der Waals surface area (Å²) >= 11 is 0. The summed E-state index contributed by atoms with van der Waals surface area (Å²) in [4.78, 5) is 8.54. The third kappa shape index (κ3) is 5.05. The number of para-hydroxylation sites is 1. The minimum absolute atomic E-state index is 0.482. The van der Waals surface area contributed by atoms with Crippen molar-refractivity contribution in [1.29, 1.82) is 0 Å². The Morgan fingerprint density at radius 3 is 2.10 bits per heavy atom. The van der Waals surface area contributed by atoms with Gasteiger partial charge in [-0.3, -0.25) is 0 Å². The molecular weight excluding hydrogens is 374 g/mol. The van der Waals surface area contributed by atoms with Gasteiger partial charge < -0.3 is 21.1 Å². The average molecular weight is 397 g/mol. The summed E-state index contributed by atoms with van der Waals surface area (Å²) in [6.07, 6.45) is 2.38. The van der Waals surface area contributed by atoms with E-state index in [4.69, 9.17) is 10.5 Å². The Kier molecular flexibility index (Phi) is 6.05. The maximum Gasteiger partial charge on any atom is 0.159 e. The van der Waals surface area contributed by atoms with Crippen molar-refractivity contribution in [2.24, 2.45) is 0 Å². The Balaban J connectivity index is 1.37. The van der Waals surface area contributed by atoms with Crippen LogP contribution in [0.3, 0.4) is 0 Å². The quantitative estimate of drug-likeness (QED) is 0.377. The summed E-state index contributed by atoms with van der Waals surface area (Å²) in [6, 6.07) is 27.6. The lowest BCUT2D eigenvalue weighted by Gasteiger charge is -2.13. The Hall–Kier alpha value is -4.06. The number of benzene rings is 3. The second-order valence-electron chi connectivity index (χ2n) is 6.71. The molecule has 1 heterocycles. The molecule has 4 aromatic rings. The molecule has 4 N–H and O–H groups in total. The maximum absolute atomic E-state index is 6.27. The molecule has 0 fully saturated rings. The first kappa shape index (κ1) is 19.3. The second-order valence-corrected chi connectivity index (χ2v) is 6.71. The van der Waals surface area contributed by atoms with Gasteiger partial charge in [-0.25, -0.2) is 9.97 Å². The van der Waals surface area contributed by atoms with E-state index < -0.39 is 0 Å².